The highest BCUT2D eigenvalue weighted by Gasteiger charge is 2.53. The number of hydrogen-bond donors (Lipinski definition) is 1. The van der Waals surface area contributed by atoms with Crippen LogP contribution in [0.1, 0.15) is 45.0 Å². The maximum absolute atomic E-state index is 11.9. The van der Waals surface area contributed by atoms with Crippen LogP contribution in [-0.2, 0) is 47.7 Å². The molecule has 202 valence electrons. The molecule has 0 saturated carbocycles. The summed E-state index contributed by atoms with van der Waals surface area (Å²) in [5, 5.41) is 9.42. The zero-order valence-corrected chi connectivity index (χ0v) is 20.6. The average Bonchev–Trinajstić information content (AvgIpc) is 2.74. The Morgan fingerprint density at radius 2 is 1.27 bits per heavy atom. The summed E-state index contributed by atoms with van der Waals surface area (Å²) < 4.78 is 37.3. The monoisotopic (exact) mass is 526 g/mol. The Hall–Kier alpha value is -4.20. The number of carbonyl (C=O) groups is 6. The number of carboxylic acids is 1. The fourth-order valence-electron chi connectivity index (χ4n) is 3.41. The molecule has 0 aromatic heterocycles. The van der Waals surface area contributed by atoms with E-state index < -0.39 is 73.1 Å². The minimum atomic E-state index is -1.60. The molecule has 1 aliphatic rings. The molecule has 1 aliphatic heterocycles. The minimum Gasteiger partial charge on any atom is -0.478 e. The van der Waals surface area contributed by atoms with Crippen molar-refractivity contribution in [3.63, 3.8) is 0 Å². The fourth-order valence-corrected chi connectivity index (χ4v) is 3.41. The van der Waals surface area contributed by atoms with E-state index in [2.05, 4.69) is 0 Å². The van der Waals surface area contributed by atoms with Crippen LogP contribution < -0.4 is 9.47 Å². The van der Waals surface area contributed by atoms with Gasteiger partial charge in [-0.05, 0) is 12.1 Å². The second-order valence-electron chi connectivity index (χ2n) is 7.78. The molecule has 14 heteroatoms. The lowest BCUT2D eigenvalue weighted by Crippen LogP contribution is -2.63. The highest BCUT2D eigenvalue weighted by molar-refractivity contribution is 5.89. The third-order valence-corrected chi connectivity index (χ3v) is 4.59. The van der Waals surface area contributed by atoms with E-state index in [0.29, 0.717) is 0 Å². The summed E-state index contributed by atoms with van der Waals surface area (Å²) in [7, 11) is 0. The second-order valence-corrected chi connectivity index (χ2v) is 7.78. The summed E-state index contributed by atoms with van der Waals surface area (Å²) in [5.41, 5.74) is -0.320. The molecule has 0 aliphatic carbocycles. The van der Waals surface area contributed by atoms with Crippen LogP contribution in [0, 0.1) is 0 Å². The van der Waals surface area contributed by atoms with Crippen molar-refractivity contribution in [1.29, 1.82) is 0 Å². The van der Waals surface area contributed by atoms with E-state index in [1.807, 2.05) is 0 Å². The van der Waals surface area contributed by atoms with E-state index in [1.54, 1.807) is 0 Å². The first-order valence-corrected chi connectivity index (χ1v) is 10.8. The zero-order valence-electron chi connectivity index (χ0n) is 20.6. The lowest BCUT2D eigenvalue weighted by molar-refractivity contribution is -0.288. The minimum absolute atomic E-state index is 0.173. The molecule has 0 spiro atoms. The third-order valence-electron chi connectivity index (χ3n) is 4.59. The highest BCUT2D eigenvalue weighted by atomic mass is 16.7. The van der Waals surface area contributed by atoms with Crippen LogP contribution >= 0.6 is 0 Å². The summed E-state index contributed by atoms with van der Waals surface area (Å²) in [5.74, 6) is -5.67. The number of carbonyl (C=O) groups excluding carboxylic acids is 5. The van der Waals surface area contributed by atoms with E-state index in [1.165, 1.54) is 6.07 Å². The average molecular weight is 526 g/mol. The largest absolute Gasteiger partial charge is 0.478 e. The van der Waals surface area contributed by atoms with Crippen molar-refractivity contribution < 1.29 is 67.0 Å². The van der Waals surface area contributed by atoms with Crippen LogP contribution in [0.25, 0.3) is 0 Å². The fraction of sp³-hybridized carbons (Fsp3) is 0.478. The molecule has 1 heterocycles. The Bertz CT molecular complexity index is 1060. The van der Waals surface area contributed by atoms with Crippen molar-refractivity contribution >= 4 is 35.8 Å². The number of aromatic carboxylic acids is 1. The van der Waals surface area contributed by atoms with E-state index >= 15 is 0 Å². The lowest BCUT2D eigenvalue weighted by Gasteiger charge is -2.43. The molecule has 0 amide bonds. The van der Waals surface area contributed by atoms with Gasteiger partial charge in [0.1, 0.15) is 24.2 Å². The number of esters is 5. The standard InChI is InChI=1S/C23H26O14/c1-10(24)31-9-18-19(33-12(3)26)20(34-13(4)27)21(35-14(5)28)23(37-18)36-17-7-15(22(29)30)6-16(8-17)32-11(2)25/h6-8,18-21,23H,9H2,1-5H3,(H,29,30). The molecular weight excluding hydrogens is 500 g/mol. The van der Waals surface area contributed by atoms with Crippen molar-refractivity contribution in [3.8, 4) is 11.5 Å². The first kappa shape index (κ1) is 29.0. The van der Waals surface area contributed by atoms with Crippen molar-refractivity contribution in [2.24, 2.45) is 0 Å². The smallest absolute Gasteiger partial charge is 0.335 e. The molecule has 5 atom stereocenters. The van der Waals surface area contributed by atoms with Gasteiger partial charge in [0.05, 0.1) is 5.56 Å². The van der Waals surface area contributed by atoms with Crippen molar-refractivity contribution in [2.75, 3.05) is 6.61 Å². The third kappa shape index (κ3) is 8.75. The Balaban J connectivity index is 2.56. The second kappa shape index (κ2) is 12.7. The van der Waals surface area contributed by atoms with E-state index in [9.17, 15) is 33.9 Å². The predicted octanol–water partition coefficient (Wildman–Crippen LogP) is 0.772. The highest BCUT2D eigenvalue weighted by Crippen LogP contribution is 2.32. The Labute approximate surface area is 210 Å². The molecule has 5 unspecified atom stereocenters. The van der Waals surface area contributed by atoms with Gasteiger partial charge in [0.25, 0.3) is 0 Å². The number of benzene rings is 1. The van der Waals surface area contributed by atoms with Crippen LogP contribution in [0.5, 0.6) is 11.5 Å². The molecular formula is C23H26O14. The van der Waals surface area contributed by atoms with Gasteiger partial charge in [0.15, 0.2) is 12.2 Å². The van der Waals surface area contributed by atoms with Gasteiger partial charge in [-0.3, -0.25) is 24.0 Å². The molecule has 1 aromatic carbocycles. The maximum atomic E-state index is 11.9. The lowest BCUT2D eigenvalue weighted by atomic mass is 9.98. The van der Waals surface area contributed by atoms with E-state index in [4.69, 9.17) is 33.2 Å². The predicted molar refractivity (Wildman–Crippen MR) is 117 cm³/mol. The van der Waals surface area contributed by atoms with Gasteiger partial charge in [0.2, 0.25) is 12.4 Å². The number of ether oxygens (including phenoxy) is 7. The van der Waals surface area contributed by atoms with Gasteiger partial charge in [-0.1, -0.05) is 0 Å². The number of rotatable bonds is 9. The van der Waals surface area contributed by atoms with Crippen LogP contribution in [0.15, 0.2) is 18.2 Å². The van der Waals surface area contributed by atoms with Gasteiger partial charge in [-0.2, -0.15) is 0 Å². The topological polar surface area (TPSA) is 187 Å². The van der Waals surface area contributed by atoms with Gasteiger partial charge in [-0.25, -0.2) is 4.79 Å². The van der Waals surface area contributed by atoms with Crippen molar-refractivity contribution in [1.82, 2.24) is 0 Å². The molecule has 2 rings (SSSR count). The summed E-state index contributed by atoms with van der Waals surface area (Å²) in [6.07, 6.45) is -7.29. The number of carboxylic acid groups (broad SMARTS) is 1. The quantitative estimate of drug-likeness (QED) is 0.270. The van der Waals surface area contributed by atoms with Crippen molar-refractivity contribution in [3.05, 3.63) is 23.8 Å². The maximum Gasteiger partial charge on any atom is 0.335 e. The van der Waals surface area contributed by atoms with Crippen molar-refractivity contribution in [2.45, 2.75) is 65.3 Å². The van der Waals surface area contributed by atoms with Gasteiger partial charge < -0.3 is 38.3 Å². The first-order chi connectivity index (χ1) is 17.3. The summed E-state index contributed by atoms with van der Waals surface area (Å²) in [6.45, 7) is 4.93. The molecule has 0 radical (unpaired) electrons. The molecule has 1 saturated heterocycles. The van der Waals surface area contributed by atoms with Crippen LogP contribution in [0.4, 0.5) is 0 Å². The molecule has 1 fully saturated rings. The zero-order chi connectivity index (χ0) is 27.9. The molecule has 1 aromatic rings. The Kier molecular flexibility index (Phi) is 9.94. The van der Waals surface area contributed by atoms with Crippen LogP contribution in [0.3, 0.4) is 0 Å². The van der Waals surface area contributed by atoms with E-state index in [-0.39, 0.29) is 17.1 Å². The summed E-state index contributed by atoms with van der Waals surface area (Å²) in [6, 6.07) is 3.31. The molecule has 14 nitrogen and oxygen atoms in total. The molecule has 0 bridgehead atoms. The Morgan fingerprint density at radius 1 is 0.730 bits per heavy atom. The van der Waals surface area contributed by atoms with Crippen LogP contribution in [0.2, 0.25) is 0 Å². The Morgan fingerprint density at radius 3 is 1.78 bits per heavy atom. The van der Waals surface area contributed by atoms with Gasteiger partial charge in [-0.15, -0.1) is 0 Å². The van der Waals surface area contributed by atoms with Crippen LogP contribution in [-0.4, -0.2) is 78.2 Å². The first-order valence-electron chi connectivity index (χ1n) is 10.8. The summed E-state index contributed by atoms with van der Waals surface area (Å²) >= 11 is 0. The number of hydrogen-bond acceptors (Lipinski definition) is 13. The normalized spacial score (nSPS) is 22.7. The van der Waals surface area contributed by atoms with Gasteiger partial charge >= 0.3 is 35.8 Å². The summed E-state index contributed by atoms with van der Waals surface area (Å²) in [4.78, 5) is 70.0. The molecule has 37 heavy (non-hydrogen) atoms. The van der Waals surface area contributed by atoms with Gasteiger partial charge in [0, 0.05) is 40.7 Å². The molecule has 1 N–H and O–H groups in total. The van der Waals surface area contributed by atoms with E-state index in [0.717, 1.165) is 46.8 Å². The SMILES string of the molecule is CC(=O)OCC1OC(Oc2cc(OC(C)=O)cc(C(=O)O)c2)C(OC(C)=O)C(OC(C)=O)C1OC(C)=O.